The fourth-order valence-corrected chi connectivity index (χ4v) is 3.42. The van der Waals surface area contributed by atoms with Gasteiger partial charge in [0.05, 0.1) is 25.2 Å². The second kappa shape index (κ2) is 7.65. The van der Waals surface area contributed by atoms with Crippen LogP contribution in [-0.2, 0) is 4.74 Å². The second-order valence-corrected chi connectivity index (χ2v) is 6.08. The number of nitrogens with one attached hydrogen (secondary N) is 1. The average Bonchev–Trinajstić information content (AvgIpc) is 2.99. The van der Waals surface area contributed by atoms with Gasteiger partial charge in [-0.2, -0.15) is 0 Å². The highest BCUT2D eigenvalue weighted by Crippen LogP contribution is 2.36. The Labute approximate surface area is 143 Å². The van der Waals surface area contributed by atoms with E-state index in [0.29, 0.717) is 25.6 Å². The van der Waals surface area contributed by atoms with Crippen molar-refractivity contribution < 1.29 is 14.2 Å². The van der Waals surface area contributed by atoms with E-state index in [-0.39, 0.29) is 12.4 Å². The molecule has 0 saturated carbocycles. The van der Waals surface area contributed by atoms with Gasteiger partial charge in [-0.25, -0.2) is 14.4 Å². The zero-order valence-electron chi connectivity index (χ0n) is 13.3. The lowest BCUT2D eigenvalue weighted by molar-refractivity contribution is 0.0992. The van der Waals surface area contributed by atoms with Gasteiger partial charge in [0.1, 0.15) is 22.3 Å². The molecule has 0 amide bonds. The Kier molecular flexibility index (Phi) is 5.34. The number of anilines is 1. The van der Waals surface area contributed by atoms with Crippen LogP contribution in [0.4, 0.5) is 10.2 Å². The molecular weight excluding hydrogens is 329 g/mol. The number of rotatable bonds is 7. The first-order valence-electron chi connectivity index (χ1n) is 7.63. The van der Waals surface area contributed by atoms with Gasteiger partial charge in [0.15, 0.2) is 0 Å². The molecule has 0 spiro atoms. The smallest absolute Gasteiger partial charge is 0.139 e. The van der Waals surface area contributed by atoms with E-state index in [4.69, 9.17) is 9.84 Å². The summed E-state index contributed by atoms with van der Waals surface area (Å²) in [5, 5.41) is 14.9. The number of aliphatic hydroxyl groups excluding tert-OH is 1. The fraction of sp³-hybridized carbons (Fsp3) is 0.294. The molecular formula is C17H18FN3O2S. The third-order valence-electron chi connectivity index (χ3n) is 3.48. The van der Waals surface area contributed by atoms with E-state index in [2.05, 4.69) is 15.3 Å². The Morgan fingerprint density at radius 2 is 2.00 bits per heavy atom. The summed E-state index contributed by atoms with van der Waals surface area (Å²) in [7, 11) is 0. The number of aryl methyl sites for hydroxylation is 1. The van der Waals surface area contributed by atoms with Gasteiger partial charge < -0.3 is 15.2 Å². The highest BCUT2D eigenvalue weighted by atomic mass is 32.1. The molecule has 0 radical (unpaired) electrons. The number of fused-ring (bicyclic) bond motifs is 1. The average molecular weight is 347 g/mol. The van der Waals surface area contributed by atoms with E-state index in [0.717, 1.165) is 27.2 Å². The van der Waals surface area contributed by atoms with Crippen molar-refractivity contribution in [2.75, 3.05) is 31.7 Å². The monoisotopic (exact) mass is 347 g/mol. The van der Waals surface area contributed by atoms with Gasteiger partial charge in [-0.15, -0.1) is 11.3 Å². The first-order valence-corrected chi connectivity index (χ1v) is 8.51. The van der Waals surface area contributed by atoms with E-state index < -0.39 is 0 Å². The van der Waals surface area contributed by atoms with Gasteiger partial charge >= 0.3 is 0 Å². The van der Waals surface area contributed by atoms with E-state index in [1.54, 1.807) is 12.1 Å². The standard InChI is InChI=1S/C17H18FN3O2S/c1-11-20-16(19-6-8-23-9-7-22)15-14(10-24-17(15)21-11)12-2-4-13(18)5-3-12/h2-5,10,22H,6-9H2,1H3,(H,19,20,21). The fourth-order valence-electron chi connectivity index (χ4n) is 2.43. The van der Waals surface area contributed by atoms with Crippen molar-refractivity contribution >= 4 is 27.4 Å². The van der Waals surface area contributed by atoms with Gasteiger partial charge in [-0.3, -0.25) is 0 Å². The maximum Gasteiger partial charge on any atom is 0.139 e. The molecule has 0 fully saturated rings. The number of nitrogens with zero attached hydrogens (tertiary/aromatic N) is 2. The summed E-state index contributed by atoms with van der Waals surface area (Å²) in [6.07, 6.45) is 0. The molecule has 3 aromatic rings. The highest BCUT2D eigenvalue weighted by Gasteiger charge is 2.14. The maximum atomic E-state index is 13.2. The van der Waals surface area contributed by atoms with Crippen molar-refractivity contribution in [3.8, 4) is 11.1 Å². The molecule has 2 aromatic heterocycles. The molecule has 0 aliphatic rings. The van der Waals surface area contributed by atoms with E-state index in [9.17, 15) is 4.39 Å². The molecule has 0 unspecified atom stereocenters. The summed E-state index contributed by atoms with van der Waals surface area (Å²) in [6, 6.07) is 6.41. The molecule has 24 heavy (non-hydrogen) atoms. The molecule has 2 heterocycles. The Balaban J connectivity index is 1.92. The lowest BCUT2D eigenvalue weighted by Crippen LogP contribution is -2.12. The summed E-state index contributed by atoms with van der Waals surface area (Å²) in [5.41, 5.74) is 1.91. The molecule has 0 bridgehead atoms. The first-order chi connectivity index (χ1) is 11.7. The molecule has 0 atom stereocenters. The summed E-state index contributed by atoms with van der Waals surface area (Å²) in [5.74, 6) is 1.17. The van der Waals surface area contributed by atoms with E-state index in [1.165, 1.54) is 23.5 Å². The van der Waals surface area contributed by atoms with E-state index in [1.807, 2.05) is 12.3 Å². The van der Waals surface area contributed by atoms with Gasteiger partial charge in [-0.05, 0) is 24.6 Å². The molecule has 0 aliphatic heterocycles. The maximum absolute atomic E-state index is 13.2. The van der Waals surface area contributed by atoms with Crippen LogP contribution in [0.3, 0.4) is 0 Å². The number of hydrogen-bond acceptors (Lipinski definition) is 6. The van der Waals surface area contributed by atoms with Crippen LogP contribution in [-0.4, -0.2) is 41.4 Å². The van der Waals surface area contributed by atoms with Crippen LogP contribution in [0, 0.1) is 12.7 Å². The predicted molar refractivity (Wildman–Crippen MR) is 93.9 cm³/mol. The number of ether oxygens (including phenoxy) is 1. The van der Waals surface area contributed by atoms with Crippen LogP contribution in [0.25, 0.3) is 21.3 Å². The van der Waals surface area contributed by atoms with Crippen LogP contribution < -0.4 is 5.32 Å². The molecule has 0 aliphatic carbocycles. The molecule has 2 N–H and O–H groups in total. The largest absolute Gasteiger partial charge is 0.394 e. The van der Waals surface area contributed by atoms with Crippen LogP contribution in [0.15, 0.2) is 29.6 Å². The van der Waals surface area contributed by atoms with Gasteiger partial charge in [0, 0.05) is 17.5 Å². The number of aliphatic hydroxyl groups is 1. The zero-order valence-corrected chi connectivity index (χ0v) is 14.1. The molecule has 5 nitrogen and oxygen atoms in total. The Bertz CT molecular complexity index is 821. The molecule has 3 rings (SSSR count). The number of halogens is 1. The number of aromatic nitrogens is 2. The van der Waals surface area contributed by atoms with Crippen molar-refractivity contribution in [3.05, 3.63) is 41.3 Å². The molecule has 126 valence electrons. The van der Waals surface area contributed by atoms with Gasteiger partial charge in [-0.1, -0.05) is 12.1 Å². The van der Waals surface area contributed by atoms with Crippen molar-refractivity contribution in [2.45, 2.75) is 6.92 Å². The summed E-state index contributed by atoms with van der Waals surface area (Å²) < 4.78 is 18.4. The number of hydrogen-bond donors (Lipinski definition) is 2. The topological polar surface area (TPSA) is 67.3 Å². The summed E-state index contributed by atoms with van der Waals surface area (Å²) >= 11 is 1.54. The Morgan fingerprint density at radius 1 is 1.21 bits per heavy atom. The number of thiophene rings is 1. The second-order valence-electron chi connectivity index (χ2n) is 5.22. The zero-order chi connectivity index (χ0) is 16.9. The van der Waals surface area contributed by atoms with Gasteiger partial charge in [0.2, 0.25) is 0 Å². The Hall–Kier alpha value is -2.09. The third kappa shape index (κ3) is 3.69. The molecule has 0 saturated heterocycles. The lowest BCUT2D eigenvalue weighted by atomic mass is 10.1. The SMILES string of the molecule is Cc1nc(NCCOCCO)c2c(-c3ccc(F)cc3)csc2n1. The van der Waals surface area contributed by atoms with Crippen LogP contribution >= 0.6 is 11.3 Å². The minimum absolute atomic E-state index is 0.0100. The van der Waals surface area contributed by atoms with Crippen molar-refractivity contribution in [1.29, 1.82) is 0 Å². The summed E-state index contributed by atoms with van der Waals surface area (Å²) in [6.45, 7) is 3.23. The van der Waals surface area contributed by atoms with Crippen LogP contribution in [0.2, 0.25) is 0 Å². The van der Waals surface area contributed by atoms with Gasteiger partial charge in [0.25, 0.3) is 0 Å². The lowest BCUT2D eigenvalue weighted by Gasteiger charge is -2.10. The Morgan fingerprint density at radius 3 is 2.75 bits per heavy atom. The van der Waals surface area contributed by atoms with Crippen LogP contribution in [0.1, 0.15) is 5.82 Å². The molecule has 7 heteroatoms. The third-order valence-corrected chi connectivity index (χ3v) is 4.35. The predicted octanol–water partition coefficient (Wildman–Crippen LogP) is 3.23. The minimum Gasteiger partial charge on any atom is -0.394 e. The molecule has 1 aromatic carbocycles. The summed E-state index contributed by atoms with van der Waals surface area (Å²) in [4.78, 5) is 9.88. The minimum atomic E-state index is -0.259. The van der Waals surface area contributed by atoms with Crippen molar-refractivity contribution in [2.24, 2.45) is 0 Å². The van der Waals surface area contributed by atoms with Crippen molar-refractivity contribution in [1.82, 2.24) is 9.97 Å². The normalized spacial score (nSPS) is 11.1. The first kappa shape index (κ1) is 16.8. The van der Waals surface area contributed by atoms with Crippen LogP contribution in [0.5, 0.6) is 0 Å². The highest BCUT2D eigenvalue weighted by molar-refractivity contribution is 7.17. The number of benzene rings is 1. The van der Waals surface area contributed by atoms with Crippen molar-refractivity contribution in [3.63, 3.8) is 0 Å². The quantitative estimate of drug-likeness (QED) is 0.642. The van der Waals surface area contributed by atoms with E-state index >= 15 is 0 Å².